The third-order valence-corrected chi connectivity index (χ3v) is 3.10. The molecule has 1 aliphatic heterocycles. The maximum atomic E-state index is 5.71. The van der Waals surface area contributed by atoms with Gasteiger partial charge in [-0.15, -0.1) is 0 Å². The van der Waals surface area contributed by atoms with Crippen molar-refractivity contribution in [2.45, 2.75) is 13.1 Å². The first-order valence-corrected chi connectivity index (χ1v) is 6.15. The zero-order valence-electron chi connectivity index (χ0n) is 10.1. The van der Waals surface area contributed by atoms with Crippen molar-refractivity contribution in [3.8, 4) is 5.88 Å². The standard InChI is InChI=1S/C13H16N4O/c1-2-4-16-13(3-1)18-9-11-5-14-6-12-7-15-10-17(12)8-11/h1-4,7,10-11,14H,5-6,8-9H2/t11-/m1/s1. The second-order valence-electron chi connectivity index (χ2n) is 4.51. The number of hydrogen-bond donors (Lipinski definition) is 1. The summed E-state index contributed by atoms with van der Waals surface area (Å²) in [6, 6.07) is 5.70. The fourth-order valence-electron chi connectivity index (χ4n) is 2.15. The molecule has 2 aromatic rings. The SMILES string of the molecule is c1ccc(OC[C@@H]2CNCc3cncn3C2)nc1. The first kappa shape index (κ1) is 11.2. The van der Waals surface area contributed by atoms with E-state index in [9.17, 15) is 0 Å². The third kappa shape index (κ3) is 2.51. The van der Waals surface area contributed by atoms with Gasteiger partial charge in [-0.25, -0.2) is 9.97 Å². The second kappa shape index (κ2) is 5.18. The van der Waals surface area contributed by atoms with Gasteiger partial charge in [0, 0.05) is 44.0 Å². The van der Waals surface area contributed by atoms with E-state index in [4.69, 9.17) is 4.74 Å². The molecule has 0 aliphatic carbocycles. The monoisotopic (exact) mass is 244 g/mol. The van der Waals surface area contributed by atoms with Crippen LogP contribution in [0.3, 0.4) is 0 Å². The Kier molecular flexibility index (Phi) is 3.23. The topological polar surface area (TPSA) is 52.0 Å². The predicted molar refractivity (Wildman–Crippen MR) is 67.2 cm³/mol. The van der Waals surface area contributed by atoms with Gasteiger partial charge in [0.2, 0.25) is 5.88 Å². The van der Waals surface area contributed by atoms with Crippen LogP contribution in [0.5, 0.6) is 5.88 Å². The normalized spacial score (nSPS) is 19.0. The number of fused-ring (bicyclic) bond motifs is 1. The number of aromatic nitrogens is 3. The molecule has 1 atom stereocenters. The lowest BCUT2D eigenvalue weighted by Crippen LogP contribution is -2.26. The molecule has 0 fully saturated rings. The molecule has 0 amide bonds. The van der Waals surface area contributed by atoms with Gasteiger partial charge in [0.25, 0.3) is 0 Å². The maximum absolute atomic E-state index is 5.71. The summed E-state index contributed by atoms with van der Waals surface area (Å²) in [6.07, 6.45) is 5.54. The number of imidazole rings is 1. The molecule has 0 saturated heterocycles. The van der Waals surface area contributed by atoms with Crippen LogP contribution in [-0.4, -0.2) is 27.7 Å². The maximum Gasteiger partial charge on any atom is 0.213 e. The number of pyridine rings is 1. The molecule has 5 nitrogen and oxygen atoms in total. The number of nitrogens with zero attached hydrogens (tertiary/aromatic N) is 3. The molecule has 5 heteroatoms. The Balaban J connectivity index is 1.61. The van der Waals surface area contributed by atoms with E-state index in [1.54, 1.807) is 6.20 Å². The number of nitrogens with one attached hydrogen (secondary N) is 1. The fraction of sp³-hybridized carbons (Fsp3) is 0.385. The Bertz CT molecular complexity index is 497. The van der Waals surface area contributed by atoms with Crippen LogP contribution in [0, 0.1) is 5.92 Å². The summed E-state index contributed by atoms with van der Waals surface area (Å²) in [7, 11) is 0. The lowest BCUT2D eigenvalue weighted by Gasteiger charge is -2.15. The number of ether oxygens (including phenoxy) is 1. The molecule has 0 unspecified atom stereocenters. The largest absolute Gasteiger partial charge is 0.477 e. The van der Waals surface area contributed by atoms with Crippen LogP contribution < -0.4 is 10.1 Å². The summed E-state index contributed by atoms with van der Waals surface area (Å²) in [5.41, 5.74) is 1.23. The molecule has 0 saturated carbocycles. The number of hydrogen-bond acceptors (Lipinski definition) is 4. The molecule has 94 valence electrons. The van der Waals surface area contributed by atoms with E-state index < -0.39 is 0 Å². The van der Waals surface area contributed by atoms with E-state index in [2.05, 4.69) is 19.9 Å². The zero-order chi connectivity index (χ0) is 12.2. The summed E-state index contributed by atoms with van der Waals surface area (Å²) >= 11 is 0. The Hall–Kier alpha value is -1.88. The summed E-state index contributed by atoms with van der Waals surface area (Å²) < 4.78 is 7.89. The van der Waals surface area contributed by atoms with E-state index in [0.717, 1.165) is 19.6 Å². The Morgan fingerprint density at radius 2 is 2.44 bits per heavy atom. The molecular formula is C13H16N4O. The van der Waals surface area contributed by atoms with Crippen molar-refractivity contribution in [1.29, 1.82) is 0 Å². The van der Waals surface area contributed by atoms with E-state index >= 15 is 0 Å². The minimum atomic E-state index is 0.433. The molecule has 3 heterocycles. The Morgan fingerprint density at radius 3 is 3.33 bits per heavy atom. The van der Waals surface area contributed by atoms with Crippen molar-refractivity contribution in [2.24, 2.45) is 5.92 Å². The average molecular weight is 244 g/mol. The molecule has 0 spiro atoms. The summed E-state index contributed by atoms with van der Waals surface area (Å²) in [5, 5.41) is 3.41. The molecule has 18 heavy (non-hydrogen) atoms. The van der Waals surface area contributed by atoms with Crippen molar-refractivity contribution in [3.63, 3.8) is 0 Å². The van der Waals surface area contributed by atoms with Crippen LogP contribution in [0.4, 0.5) is 0 Å². The smallest absolute Gasteiger partial charge is 0.213 e. The first-order chi connectivity index (χ1) is 8.92. The van der Waals surface area contributed by atoms with Crippen molar-refractivity contribution >= 4 is 0 Å². The molecule has 2 aromatic heterocycles. The van der Waals surface area contributed by atoms with Gasteiger partial charge in [-0.2, -0.15) is 0 Å². The van der Waals surface area contributed by atoms with Gasteiger partial charge in [0.1, 0.15) is 0 Å². The lowest BCUT2D eigenvalue weighted by atomic mass is 10.1. The van der Waals surface area contributed by atoms with Crippen molar-refractivity contribution in [1.82, 2.24) is 19.9 Å². The van der Waals surface area contributed by atoms with Crippen molar-refractivity contribution in [3.05, 3.63) is 42.6 Å². The Labute approximate surface area is 106 Å². The van der Waals surface area contributed by atoms with Gasteiger partial charge in [0.05, 0.1) is 18.6 Å². The van der Waals surface area contributed by atoms with Crippen molar-refractivity contribution < 1.29 is 4.74 Å². The molecule has 0 aromatic carbocycles. The minimum absolute atomic E-state index is 0.433. The lowest BCUT2D eigenvalue weighted by molar-refractivity contribution is 0.225. The van der Waals surface area contributed by atoms with Gasteiger partial charge in [-0.05, 0) is 6.07 Å². The molecule has 0 radical (unpaired) electrons. The highest BCUT2D eigenvalue weighted by Gasteiger charge is 2.16. The first-order valence-electron chi connectivity index (χ1n) is 6.15. The van der Waals surface area contributed by atoms with Crippen LogP contribution in [0.25, 0.3) is 0 Å². The van der Waals surface area contributed by atoms with Crippen LogP contribution in [0.2, 0.25) is 0 Å². The highest BCUT2D eigenvalue weighted by molar-refractivity contribution is 5.09. The predicted octanol–water partition coefficient (Wildman–Crippen LogP) is 1.08. The molecule has 1 aliphatic rings. The van der Waals surface area contributed by atoms with Crippen LogP contribution in [0.15, 0.2) is 36.9 Å². The van der Waals surface area contributed by atoms with Crippen LogP contribution in [0.1, 0.15) is 5.69 Å². The molecule has 0 bridgehead atoms. The number of rotatable bonds is 3. The summed E-state index contributed by atoms with van der Waals surface area (Å²) in [6.45, 7) is 3.44. The van der Waals surface area contributed by atoms with E-state index in [0.29, 0.717) is 18.4 Å². The summed E-state index contributed by atoms with van der Waals surface area (Å²) in [5.74, 6) is 1.12. The van der Waals surface area contributed by atoms with Gasteiger partial charge in [-0.1, -0.05) is 6.07 Å². The Morgan fingerprint density at radius 1 is 1.44 bits per heavy atom. The minimum Gasteiger partial charge on any atom is -0.477 e. The quantitative estimate of drug-likeness (QED) is 0.877. The van der Waals surface area contributed by atoms with Crippen LogP contribution in [-0.2, 0) is 13.1 Å². The molecule has 3 rings (SSSR count). The molecular weight excluding hydrogens is 228 g/mol. The van der Waals surface area contributed by atoms with E-state index in [-0.39, 0.29) is 0 Å². The summed E-state index contributed by atoms with van der Waals surface area (Å²) in [4.78, 5) is 8.33. The average Bonchev–Trinajstić information content (AvgIpc) is 2.76. The third-order valence-electron chi connectivity index (χ3n) is 3.10. The fourth-order valence-corrected chi connectivity index (χ4v) is 2.15. The van der Waals surface area contributed by atoms with Gasteiger partial charge < -0.3 is 14.6 Å². The van der Waals surface area contributed by atoms with E-state index in [1.807, 2.05) is 30.7 Å². The zero-order valence-corrected chi connectivity index (χ0v) is 10.1. The van der Waals surface area contributed by atoms with Crippen molar-refractivity contribution in [2.75, 3.05) is 13.2 Å². The van der Waals surface area contributed by atoms with Gasteiger partial charge >= 0.3 is 0 Å². The van der Waals surface area contributed by atoms with Gasteiger partial charge in [0.15, 0.2) is 0 Å². The van der Waals surface area contributed by atoms with Gasteiger partial charge in [-0.3, -0.25) is 0 Å². The highest BCUT2D eigenvalue weighted by Crippen LogP contribution is 2.12. The van der Waals surface area contributed by atoms with Crippen LogP contribution >= 0.6 is 0 Å². The van der Waals surface area contributed by atoms with E-state index in [1.165, 1.54) is 5.69 Å². The molecule has 1 N–H and O–H groups in total. The highest BCUT2D eigenvalue weighted by atomic mass is 16.5. The second-order valence-corrected chi connectivity index (χ2v) is 4.51.